The second-order valence-corrected chi connectivity index (χ2v) is 7.52. The molecule has 1 N–H and O–H groups in total. The smallest absolute Gasteiger partial charge is 0.228 e. The summed E-state index contributed by atoms with van der Waals surface area (Å²) in [6.07, 6.45) is 2.88. The first kappa shape index (κ1) is 14.8. The van der Waals surface area contributed by atoms with E-state index in [0.29, 0.717) is 0 Å². The molecular weight excluding hydrogens is 266 g/mol. The summed E-state index contributed by atoms with van der Waals surface area (Å²) in [6.45, 7) is 8.20. The Kier molecular flexibility index (Phi) is 3.51. The van der Waals surface area contributed by atoms with Gasteiger partial charge in [-0.2, -0.15) is 0 Å². The Hall–Kier alpha value is -1.10. The normalized spacial score (nSPS) is 32.4. The maximum absolute atomic E-state index is 12.5. The zero-order chi connectivity index (χ0) is 15.3. The predicted octanol–water partition coefficient (Wildman–Crippen LogP) is 0.703. The molecule has 0 radical (unpaired) electrons. The summed E-state index contributed by atoms with van der Waals surface area (Å²) in [7, 11) is 2.12. The van der Waals surface area contributed by atoms with Crippen molar-refractivity contribution >= 4 is 11.8 Å². The molecule has 21 heavy (non-hydrogen) atoms. The third-order valence-corrected chi connectivity index (χ3v) is 5.93. The van der Waals surface area contributed by atoms with Crippen LogP contribution in [0, 0.1) is 16.7 Å². The minimum atomic E-state index is -0.214. The van der Waals surface area contributed by atoms with Gasteiger partial charge in [0, 0.05) is 44.1 Å². The minimum absolute atomic E-state index is 0.0639. The van der Waals surface area contributed by atoms with Crippen molar-refractivity contribution in [2.45, 2.75) is 33.1 Å². The quantitative estimate of drug-likeness (QED) is 0.774. The fraction of sp³-hybridized carbons (Fsp3) is 0.875. The lowest BCUT2D eigenvalue weighted by Crippen LogP contribution is -2.53. The summed E-state index contributed by atoms with van der Waals surface area (Å²) in [5.41, 5.74) is -0.148. The molecule has 3 fully saturated rings. The highest BCUT2D eigenvalue weighted by molar-refractivity contribution is 5.86. The number of fused-ring (bicyclic) bond motifs is 1. The van der Waals surface area contributed by atoms with Crippen LogP contribution in [-0.2, 0) is 9.59 Å². The Morgan fingerprint density at radius 2 is 1.86 bits per heavy atom. The monoisotopic (exact) mass is 293 g/mol. The second kappa shape index (κ2) is 4.97. The van der Waals surface area contributed by atoms with E-state index in [1.165, 1.54) is 0 Å². The number of hydrogen-bond acceptors (Lipinski definition) is 3. The van der Waals surface area contributed by atoms with Crippen LogP contribution in [-0.4, -0.2) is 61.4 Å². The Morgan fingerprint density at radius 1 is 1.19 bits per heavy atom. The van der Waals surface area contributed by atoms with Gasteiger partial charge in [-0.3, -0.25) is 9.59 Å². The van der Waals surface area contributed by atoms with Gasteiger partial charge in [-0.25, -0.2) is 0 Å². The van der Waals surface area contributed by atoms with E-state index in [1.54, 1.807) is 0 Å². The van der Waals surface area contributed by atoms with E-state index in [1.807, 2.05) is 18.7 Å². The molecule has 1 atom stereocenters. The molecule has 2 amide bonds. The number of likely N-dealkylation sites (tertiary alicyclic amines) is 2. The zero-order valence-corrected chi connectivity index (χ0v) is 13.4. The van der Waals surface area contributed by atoms with E-state index in [0.717, 1.165) is 52.0 Å². The van der Waals surface area contributed by atoms with E-state index in [2.05, 4.69) is 17.3 Å². The van der Waals surface area contributed by atoms with Crippen LogP contribution in [0.4, 0.5) is 0 Å². The van der Waals surface area contributed by atoms with Gasteiger partial charge in [0.25, 0.3) is 0 Å². The molecule has 0 aliphatic carbocycles. The van der Waals surface area contributed by atoms with Crippen LogP contribution in [0.2, 0.25) is 0 Å². The van der Waals surface area contributed by atoms with Gasteiger partial charge in [-0.1, -0.05) is 13.8 Å². The standard InChI is InChI=1S/C16H27N3O2/c1-12(2)13(20)19-8-5-15(6-9-19)10-18(3)11-16(15)4-7-17-14(16)21/h12H,4-11H2,1-3H3,(H,17,21). The first-order valence-corrected chi connectivity index (χ1v) is 8.16. The van der Waals surface area contributed by atoms with Crippen molar-refractivity contribution in [3.63, 3.8) is 0 Å². The van der Waals surface area contributed by atoms with Gasteiger partial charge in [0.2, 0.25) is 11.8 Å². The van der Waals surface area contributed by atoms with Gasteiger partial charge in [-0.05, 0) is 26.3 Å². The summed E-state index contributed by atoms with van der Waals surface area (Å²) in [6, 6.07) is 0. The van der Waals surface area contributed by atoms with Gasteiger partial charge in [-0.15, -0.1) is 0 Å². The highest BCUT2D eigenvalue weighted by Crippen LogP contribution is 2.55. The van der Waals surface area contributed by atoms with Crippen LogP contribution in [0.15, 0.2) is 0 Å². The molecule has 3 aliphatic heterocycles. The van der Waals surface area contributed by atoms with E-state index in [4.69, 9.17) is 0 Å². The van der Waals surface area contributed by atoms with Crippen LogP contribution >= 0.6 is 0 Å². The average Bonchev–Trinajstić information content (AvgIpc) is 2.93. The molecule has 3 aliphatic rings. The van der Waals surface area contributed by atoms with Crippen molar-refractivity contribution in [1.29, 1.82) is 0 Å². The number of nitrogens with one attached hydrogen (secondary N) is 1. The minimum Gasteiger partial charge on any atom is -0.356 e. The Labute approximate surface area is 127 Å². The molecule has 0 aromatic carbocycles. The lowest BCUT2D eigenvalue weighted by atomic mass is 9.60. The predicted molar refractivity (Wildman–Crippen MR) is 80.6 cm³/mol. The molecule has 3 heterocycles. The number of amides is 2. The van der Waals surface area contributed by atoms with Crippen LogP contribution in [0.25, 0.3) is 0 Å². The van der Waals surface area contributed by atoms with Crippen molar-refractivity contribution < 1.29 is 9.59 Å². The largest absolute Gasteiger partial charge is 0.356 e. The summed E-state index contributed by atoms with van der Waals surface area (Å²) in [4.78, 5) is 29.0. The van der Waals surface area contributed by atoms with Gasteiger partial charge in [0.15, 0.2) is 0 Å². The fourth-order valence-corrected chi connectivity index (χ4v) is 4.84. The second-order valence-electron chi connectivity index (χ2n) is 7.52. The van der Waals surface area contributed by atoms with Crippen LogP contribution in [0.3, 0.4) is 0 Å². The molecule has 0 aromatic rings. The topological polar surface area (TPSA) is 52.7 Å². The highest BCUT2D eigenvalue weighted by Gasteiger charge is 2.62. The SMILES string of the molecule is CC(C)C(=O)N1CCC2(CC1)CN(C)CC21CCNC1=O. The molecule has 2 spiro atoms. The van der Waals surface area contributed by atoms with Gasteiger partial charge >= 0.3 is 0 Å². The zero-order valence-electron chi connectivity index (χ0n) is 13.4. The summed E-state index contributed by atoms with van der Waals surface area (Å²) in [5, 5.41) is 3.05. The van der Waals surface area contributed by atoms with Crippen molar-refractivity contribution in [3.8, 4) is 0 Å². The van der Waals surface area contributed by atoms with Crippen molar-refractivity contribution in [2.24, 2.45) is 16.7 Å². The van der Waals surface area contributed by atoms with E-state index >= 15 is 0 Å². The third-order valence-electron chi connectivity index (χ3n) is 5.93. The number of nitrogens with zero attached hydrogens (tertiary/aromatic N) is 2. The molecule has 3 saturated heterocycles. The van der Waals surface area contributed by atoms with E-state index in [-0.39, 0.29) is 28.6 Å². The molecule has 0 saturated carbocycles. The molecule has 5 nitrogen and oxygen atoms in total. The first-order chi connectivity index (χ1) is 9.90. The number of carbonyl (C=O) groups excluding carboxylic acids is 2. The molecule has 118 valence electrons. The Balaban J connectivity index is 1.80. The molecular formula is C16H27N3O2. The van der Waals surface area contributed by atoms with Crippen molar-refractivity contribution in [1.82, 2.24) is 15.1 Å². The summed E-state index contributed by atoms with van der Waals surface area (Å²) >= 11 is 0. The summed E-state index contributed by atoms with van der Waals surface area (Å²) in [5.74, 6) is 0.561. The van der Waals surface area contributed by atoms with Gasteiger partial charge < -0.3 is 15.1 Å². The third kappa shape index (κ3) is 2.08. The Bertz CT molecular complexity index is 454. The molecule has 0 bridgehead atoms. The maximum Gasteiger partial charge on any atom is 0.228 e. The fourth-order valence-electron chi connectivity index (χ4n) is 4.84. The lowest BCUT2D eigenvalue weighted by molar-refractivity contribution is -0.140. The number of hydrogen-bond donors (Lipinski definition) is 1. The van der Waals surface area contributed by atoms with Gasteiger partial charge in [0.1, 0.15) is 0 Å². The molecule has 0 aromatic heterocycles. The van der Waals surface area contributed by atoms with Crippen LogP contribution in [0.5, 0.6) is 0 Å². The average molecular weight is 293 g/mol. The number of rotatable bonds is 1. The van der Waals surface area contributed by atoms with E-state index in [9.17, 15) is 9.59 Å². The first-order valence-electron chi connectivity index (χ1n) is 8.16. The van der Waals surface area contributed by atoms with E-state index < -0.39 is 0 Å². The molecule has 5 heteroatoms. The van der Waals surface area contributed by atoms with Gasteiger partial charge in [0.05, 0.1) is 5.41 Å². The molecule has 3 rings (SSSR count). The van der Waals surface area contributed by atoms with Crippen LogP contribution in [0.1, 0.15) is 33.1 Å². The summed E-state index contributed by atoms with van der Waals surface area (Å²) < 4.78 is 0. The number of piperidine rings is 1. The molecule has 1 unspecified atom stereocenters. The van der Waals surface area contributed by atoms with Crippen molar-refractivity contribution in [2.75, 3.05) is 39.8 Å². The number of carbonyl (C=O) groups is 2. The van der Waals surface area contributed by atoms with Crippen LogP contribution < -0.4 is 5.32 Å². The Morgan fingerprint density at radius 3 is 2.38 bits per heavy atom. The lowest BCUT2D eigenvalue weighted by Gasteiger charge is -2.47. The highest BCUT2D eigenvalue weighted by atomic mass is 16.2. The van der Waals surface area contributed by atoms with Crippen molar-refractivity contribution in [3.05, 3.63) is 0 Å². The maximum atomic E-state index is 12.5.